The number of hydrogen-bond donors (Lipinski definition) is 3. The van der Waals surface area contributed by atoms with Gasteiger partial charge >= 0.3 is 5.97 Å². The third kappa shape index (κ3) is 3.71. The summed E-state index contributed by atoms with van der Waals surface area (Å²) in [6, 6.07) is 0. The number of nitrogens with one attached hydrogen (secondary N) is 2. The quantitative estimate of drug-likeness (QED) is 0.697. The van der Waals surface area contributed by atoms with E-state index >= 15 is 0 Å². The van der Waals surface area contributed by atoms with Crippen molar-refractivity contribution in [2.24, 2.45) is 0 Å². The van der Waals surface area contributed by atoms with Crippen molar-refractivity contribution < 1.29 is 14.7 Å². The van der Waals surface area contributed by atoms with Gasteiger partial charge < -0.3 is 15.4 Å². The van der Waals surface area contributed by atoms with Crippen molar-refractivity contribution in [3.63, 3.8) is 0 Å². The first kappa shape index (κ1) is 13.9. The summed E-state index contributed by atoms with van der Waals surface area (Å²) in [5, 5.41) is 11.6. The van der Waals surface area contributed by atoms with Crippen LogP contribution in [0.4, 0.5) is 0 Å². The molecule has 1 amide bonds. The van der Waals surface area contributed by atoms with Crippen molar-refractivity contribution in [3.8, 4) is 0 Å². The van der Waals surface area contributed by atoms with E-state index in [-0.39, 0.29) is 11.4 Å². The highest BCUT2D eigenvalue weighted by Gasteiger charge is 2.19. The number of aromatic carboxylic acids is 1. The van der Waals surface area contributed by atoms with Crippen molar-refractivity contribution in [2.75, 3.05) is 37.7 Å². The second-order valence-electron chi connectivity index (χ2n) is 4.14. The highest BCUT2D eigenvalue weighted by atomic mass is 32.2. The Morgan fingerprint density at radius 2 is 2.21 bits per heavy atom. The van der Waals surface area contributed by atoms with Crippen LogP contribution >= 0.6 is 11.8 Å². The van der Waals surface area contributed by atoms with E-state index in [4.69, 9.17) is 5.11 Å². The van der Waals surface area contributed by atoms with Gasteiger partial charge in [-0.05, 0) is 0 Å². The lowest BCUT2D eigenvalue weighted by Gasteiger charge is -2.25. The number of amides is 1. The summed E-state index contributed by atoms with van der Waals surface area (Å²) < 4.78 is 0. The van der Waals surface area contributed by atoms with Crippen LogP contribution in [0.1, 0.15) is 21.0 Å². The van der Waals surface area contributed by atoms with Gasteiger partial charge in [-0.2, -0.15) is 11.8 Å². The van der Waals surface area contributed by atoms with E-state index in [9.17, 15) is 9.59 Å². The van der Waals surface area contributed by atoms with E-state index in [0.717, 1.165) is 31.1 Å². The monoisotopic (exact) mass is 284 g/mol. The highest BCUT2D eigenvalue weighted by Crippen LogP contribution is 2.08. The molecule has 2 rings (SSSR count). The number of imidazole rings is 1. The molecule has 3 N–H and O–H groups in total. The van der Waals surface area contributed by atoms with E-state index in [1.54, 1.807) is 0 Å². The van der Waals surface area contributed by atoms with Gasteiger partial charge in [0.25, 0.3) is 5.91 Å². The van der Waals surface area contributed by atoms with Gasteiger partial charge in [0.05, 0.1) is 6.33 Å². The zero-order chi connectivity index (χ0) is 13.7. The Morgan fingerprint density at radius 3 is 2.89 bits per heavy atom. The van der Waals surface area contributed by atoms with Gasteiger partial charge in [-0.15, -0.1) is 0 Å². The molecule has 0 unspecified atom stereocenters. The number of thioether (sulfide) groups is 1. The Labute approximate surface area is 114 Å². The van der Waals surface area contributed by atoms with Crippen LogP contribution in [-0.4, -0.2) is 69.5 Å². The maximum Gasteiger partial charge on any atom is 0.354 e. The molecule has 2 heterocycles. The molecule has 0 saturated carbocycles. The van der Waals surface area contributed by atoms with Gasteiger partial charge in [0.1, 0.15) is 0 Å². The third-order valence-corrected chi connectivity index (χ3v) is 3.83. The molecule has 0 aromatic carbocycles. The maximum absolute atomic E-state index is 11.8. The Kier molecular flexibility index (Phi) is 4.80. The van der Waals surface area contributed by atoms with Crippen LogP contribution in [0.2, 0.25) is 0 Å². The molecule has 19 heavy (non-hydrogen) atoms. The molecule has 1 aliphatic rings. The molecule has 1 fully saturated rings. The summed E-state index contributed by atoms with van der Waals surface area (Å²) in [6.07, 6.45) is 1.21. The SMILES string of the molecule is O=C(NCCN1CCSCC1)c1nc[nH]c1C(=O)O. The van der Waals surface area contributed by atoms with Crippen LogP contribution in [0.25, 0.3) is 0 Å². The average Bonchev–Trinajstić information content (AvgIpc) is 2.89. The number of nitrogens with zero attached hydrogens (tertiary/aromatic N) is 2. The van der Waals surface area contributed by atoms with Gasteiger partial charge in [-0.1, -0.05) is 0 Å². The zero-order valence-corrected chi connectivity index (χ0v) is 11.2. The summed E-state index contributed by atoms with van der Waals surface area (Å²) in [5.74, 6) is 0.605. The number of rotatable bonds is 5. The van der Waals surface area contributed by atoms with Gasteiger partial charge in [-0.25, -0.2) is 9.78 Å². The number of H-pyrrole nitrogens is 1. The first-order valence-electron chi connectivity index (χ1n) is 6.03. The second kappa shape index (κ2) is 6.58. The fraction of sp³-hybridized carbons (Fsp3) is 0.545. The zero-order valence-electron chi connectivity index (χ0n) is 10.4. The van der Waals surface area contributed by atoms with Crippen LogP contribution in [0, 0.1) is 0 Å². The number of aromatic nitrogens is 2. The van der Waals surface area contributed by atoms with Crippen LogP contribution in [0.3, 0.4) is 0 Å². The topological polar surface area (TPSA) is 98.3 Å². The minimum absolute atomic E-state index is 0.0679. The molecule has 104 valence electrons. The van der Waals surface area contributed by atoms with Gasteiger partial charge in [0.15, 0.2) is 11.4 Å². The molecule has 1 aromatic rings. The molecule has 8 heteroatoms. The molecule has 7 nitrogen and oxygen atoms in total. The van der Waals surface area contributed by atoms with Crippen LogP contribution < -0.4 is 5.32 Å². The number of carboxylic acids is 1. The van der Waals surface area contributed by atoms with E-state index in [2.05, 4.69) is 20.2 Å². The van der Waals surface area contributed by atoms with E-state index < -0.39 is 11.9 Å². The fourth-order valence-corrected chi connectivity index (χ4v) is 2.84. The normalized spacial score (nSPS) is 16.2. The van der Waals surface area contributed by atoms with Crippen molar-refractivity contribution in [1.29, 1.82) is 0 Å². The minimum Gasteiger partial charge on any atom is -0.477 e. The average molecular weight is 284 g/mol. The van der Waals surface area contributed by atoms with Gasteiger partial charge in [-0.3, -0.25) is 9.69 Å². The first-order chi connectivity index (χ1) is 9.18. The predicted molar refractivity (Wildman–Crippen MR) is 71.6 cm³/mol. The van der Waals surface area contributed by atoms with Gasteiger partial charge in [0.2, 0.25) is 0 Å². The van der Waals surface area contributed by atoms with E-state index in [1.165, 1.54) is 6.33 Å². The predicted octanol–water partition coefficient (Wildman–Crippen LogP) is -0.113. The van der Waals surface area contributed by atoms with Gasteiger partial charge in [0, 0.05) is 37.7 Å². The van der Waals surface area contributed by atoms with E-state index in [0.29, 0.717) is 6.54 Å². The molecule has 1 saturated heterocycles. The highest BCUT2D eigenvalue weighted by molar-refractivity contribution is 7.99. The lowest BCUT2D eigenvalue weighted by molar-refractivity contribution is 0.0685. The lowest BCUT2D eigenvalue weighted by Crippen LogP contribution is -2.39. The molecule has 0 spiro atoms. The molecular weight excluding hydrogens is 268 g/mol. The number of carboxylic acid groups (broad SMARTS) is 1. The van der Waals surface area contributed by atoms with Crippen molar-refractivity contribution in [2.45, 2.75) is 0 Å². The van der Waals surface area contributed by atoms with Crippen LogP contribution in [-0.2, 0) is 0 Å². The smallest absolute Gasteiger partial charge is 0.354 e. The molecular formula is C11H16N4O3S. The third-order valence-electron chi connectivity index (χ3n) is 2.89. The van der Waals surface area contributed by atoms with Crippen molar-refractivity contribution in [3.05, 3.63) is 17.7 Å². The number of hydrogen-bond acceptors (Lipinski definition) is 5. The first-order valence-corrected chi connectivity index (χ1v) is 7.19. The largest absolute Gasteiger partial charge is 0.477 e. The summed E-state index contributed by atoms with van der Waals surface area (Å²) in [5.41, 5.74) is -0.242. The van der Waals surface area contributed by atoms with Crippen LogP contribution in [0.5, 0.6) is 0 Å². The Morgan fingerprint density at radius 1 is 1.47 bits per heavy atom. The molecule has 0 radical (unpaired) electrons. The molecule has 0 atom stereocenters. The van der Waals surface area contributed by atoms with E-state index in [1.807, 2.05) is 11.8 Å². The summed E-state index contributed by atoms with van der Waals surface area (Å²) in [4.78, 5) is 31.1. The molecule has 1 aromatic heterocycles. The molecule has 1 aliphatic heterocycles. The Hall–Kier alpha value is -1.54. The lowest BCUT2D eigenvalue weighted by atomic mass is 10.3. The number of carbonyl (C=O) groups excluding carboxylic acids is 1. The van der Waals surface area contributed by atoms with Crippen molar-refractivity contribution >= 4 is 23.6 Å². The van der Waals surface area contributed by atoms with Crippen molar-refractivity contribution in [1.82, 2.24) is 20.2 Å². The summed E-state index contributed by atoms with van der Waals surface area (Å²) in [7, 11) is 0. The fourth-order valence-electron chi connectivity index (χ4n) is 1.87. The molecule has 0 aliphatic carbocycles. The summed E-state index contributed by atoms with van der Waals surface area (Å²) >= 11 is 1.93. The number of carbonyl (C=O) groups is 2. The Balaban J connectivity index is 1.80. The minimum atomic E-state index is -1.18. The summed E-state index contributed by atoms with van der Waals surface area (Å²) in [6.45, 7) is 3.33. The number of aromatic amines is 1. The Bertz CT molecular complexity index is 457. The standard InChI is InChI=1S/C11H16N4O3S/c16-10(8-9(11(17)18)14-7-13-8)12-1-2-15-3-5-19-6-4-15/h7H,1-6H2,(H,12,16)(H,13,14)(H,17,18). The second-order valence-corrected chi connectivity index (χ2v) is 5.37. The van der Waals surface area contributed by atoms with Crippen LogP contribution in [0.15, 0.2) is 6.33 Å². The molecule has 0 bridgehead atoms. The maximum atomic E-state index is 11.8.